The molecule has 0 aromatic carbocycles. The van der Waals surface area contributed by atoms with E-state index in [9.17, 15) is 0 Å². The number of aromatic nitrogens is 2. The van der Waals surface area contributed by atoms with Crippen molar-refractivity contribution in [2.45, 2.75) is 37.8 Å². The lowest BCUT2D eigenvalue weighted by molar-refractivity contribution is -0.0858. The van der Waals surface area contributed by atoms with Gasteiger partial charge >= 0.3 is 0 Å². The zero-order valence-corrected chi connectivity index (χ0v) is 8.49. The van der Waals surface area contributed by atoms with Crippen LogP contribution in [0.5, 0.6) is 0 Å². The summed E-state index contributed by atoms with van der Waals surface area (Å²) in [5, 5.41) is 3.91. The van der Waals surface area contributed by atoms with E-state index in [1.807, 2.05) is 6.92 Å². The zero-order valence-electron chi connectivity index (χ0n) is 8.49. The summed E-state index contributed by atoms with van der Waals surface area (Å²) in [5.74, 6) is 1.11. The number of rotatable bonds is 3. The maximum atomic E-state index is 5.63. The molecule has 78 valence electrons. The molecule has 5 nitrogen and oxygen atoms in total. The molecule has 0 amide bonds. The Morgan fingerprint density at radius 3 is 2.64 bits per heavy atom. The fourth-order valence-electron chi connectivity index (χ4n) is 1.62. The van der Waals surface area contributed by atoms with Gasteiger partial charge < -0.3 is 15.0 Å². The number of hydrogen-bond donors (Lipinski definition) is 1. The van der Waals surface area contributed by atoms with E-state index in [1.54, 1.807) is 7.11 Å². The van der Waals surface area contributed by atoms with Crippen LogP contribution in [0.15, 0.2) is 4.52 Å². The third-order valence-electron chi connectivity index (χ3n) is 2.79. The van der Waals surface area contributed by atoms with Gasteiger partial charge in [0.15, 0.2) is 0 Å². The van der Waals surface area contributed by atoms with Crippen molar-refractivity contribution >= 4 is 0 Å². The van der Waals surface area contributed by atoms with Gasteiger partial charge in [0.05, 0.1) is 6.04 Å². The van der Waals surface area contributed by atoms with Crippen molar-refractivity contribution in [1.82, 2.24) is 10.1 Å². The van der Waals surface area contributed by atoms with Gasteiger partial charge in [-0.15, -0.1) is 0 Å². The highest BCUT2D eigenvalue weighted by Crippen LogP contribution is 2.42. The van der Waals surface area contributed by atoms with Crippen molar-refractivity contribution in [2.24, 2.45) is 5.73 Å². The second-order valence-corrected chi connectivity index (χ2v) is 3.80. The summed E-state index contributed by atoms with van der Waals surface area (Å²) in [4.78, 5) is 4.25. The van der Waals surface area contributed by atoms with E-state index in [1.165, 1.54) is 0 Å². The van der Waals surface area contributed by atoms with Crippen molar-refractivity contribution < 1.29 is 9.26 Å². The van der Waals surface area contributed by atoms with Crippen LogP contribution in [0.2, 0.25) is 0 Å². The molecule has 1 saturated carbocycles. The summed E-state index contributed by atoms with van der Waals surface area (Å²) in [6.45, 7) is 1.82. The smallest absolute Gasteiger partial charge is 0.243 e. The molecule has 1 aliphatic carbocycles. The Bertz CT molecular complexity index is 312. The molecule has 1 heterocycles. The van der Waals surface area contributed by atoms with Gasteiger partial charge in [0, 0.05) is 7.11 Å². The minimum absolute atomic E-state index is 0.217. The quantitative estimate of drug-likeness (QED) is 0.785. The molecule has 0 spiro atoms. The number of ether oxygens (including phenoxy) is 1. The third kappa shape index (κ3) is 1.33. The van der Waals surface area contributed by atoms with Crippen molar-refractivity contribution in [2.75, 3.05) is 7.11 Å². The van der Waals surface area contributed by atoms with Crippen LogP contribution < -0.4 is 5.73 Å². The fourth-order valence-corrected chi connectivity index (χ4v) is 1.62. The molecule has 1 fully saturated rings. The molecule has 0 bridgehead atoms. The van der Waals surface area contributed by atoms with Gasteiger partial charge in [-0.2, -0.15) is 4.98 Å². The Hall–Kier alpha value is -0.940. The Morgan fingerprint density at radius 2 is 2.29 bits per heavy atom. The lowest BCUT2D eigenvalue weighted by Gasteiger charge is -2.37. The Balaban J connectivity index is 2.23. The molecule has 1 aromatic rings. The predicted molar refractivity (Wildman–Crippen MR) is 49.4 cm³/mol. The molecule has 0 saturated heterocycles. The van der Waals surface area contributed by atoms with Crippen LogP contribution in [0.4, 0.5) is 0 Å². The summed E-state index contributed by atoms with van der Waals surface area (Å²) in [6.07, 6.45) is 3.07. The van der Waals surface area contributed by atoms with Crippen molar-refractivity contribution in [3.05, 3.63) is 11.7 Å². The van der Waals surface area contributed by atoms with Gasteiger partial charge in [0.1, 0.15) is 5.60 Å². The van der Waals surface area contributed by atoms with Crippen LogP contribution in [0.25, 0.3) is 0 Å². The second-order valence-electron chi connectivity index (χ2n) is 3.80. The molecule has 1 aliphatic rings. The van der Waals surface area contributed by atoms with E-state index in [4.69, 9.17) is 15.0 Å². The molecule has 2 N–H and O–H groups in total. The fraction of sp³-hybridized carbons (Fsp3) is 0.778. The standard InChI is InChI=1S/C9H15N3O2/c1-6(10)7-11-8(12-14-7)9(13-2)4-3-5-9/h6H,3-5,10H2,1-2H3/t6-/m0/s1. The largest absolute Gasteiger partial charge is 0.370 e. The molecule has 1 aromatic heterocycles. The second kappa shape index (κ2) is 3.33. The van der Waals surface area contributed by atoms with Crippen LogP contribution in [-0.2, 0) is 10.3 Å². The predicted octanol–water partition coefficient (Wildman–Crippen LogP) is 1.11. The highest BCUT2D eigenvalue weighted by Gasteiger charge is 2.43. The maximum Gasteiger partial charge on any atom is 0.243 e. The average Bonchev–Trinajstić information content (AvgIpc) is 2.52. The summed E-state index contributed by atoms with van der Waals surface area (Å²) in [7, 11) is 1.68. The van der Waals surface area contributed by atoms with Crippen LogP contribution >= 0.6 is 0 Å². The topological polar surface area (TPSA) is 74.2 Å². The number of nitrogens with zero attached hydrogens (tertiary/aromatic N) is 2. The summed E-state index contributed by atoms with van der Waals surface area (Å²) in [5.41, 5.74) is 5.33. The van der Waals surface area contributed by atoms with Crippen molar-refractivity contribution in [3.8, 4) is 0 Å². The minimum atomic E-state index is -0.309. The summed E-state index contributed by atoms with van der Waals surface area (Å²) < 4.78 is 10.5. The van der Waals surface area contributed by atoms with Gasteiger partial charge in [-0.3, -0.25) is 0 Å². The van der Waals surface area contributed by atoms with E-state index in [0.29, 0.717) is 11.7 Å². The first-order valence-electron chi connectivity index (χ1n) is 4.83. The molecular formula is C9H15N3O2. The molecule has 0 aliphatic heterocycles. The highest BCUT2D eigenvalue weighted by molar-refractivity contribution is 5.07. The third-order valence-corrected chi connectivity index (χ3v) is 2.79. The van der Waals surface area contributed by atoms with Gasteiger partial charge in [0.25, 0.3) is 0 Å². The van der Waals surface area contributed by atoms with E-state index >= 15 is 0 Å². The Kier molecular flexibility index (Phi) is 2.28. The Labute approximate surface area is 82.6 Å². The lowest BCUT2D eigenvalue weighted by atomic mass is 9.79. The number of hydrogen-bond acceptors (Lipinski definition) is 5. The SMILES string of the molecule is COC1(c2noc([C@H](C)N)n2)CCC1. The molecule has 0 unspecified atom stereocenters. The first-order chi connectivity index (χ1) is 6.68. The van der Waals surface area contributed by atoms with Crippen LogP contribution in [0.3, 0.4) is 0 Å². The van der Waals surface area contributed by atoms with Gasteiger partial charge in [-0.25, -0.2) is 0 Å². The monoisotopic (exact) mass is 197 g/mol. The molecule has 0 radical (unpaired) electrons. The van der Waals surface area contributed by atoms with E-state index < -0.39 is 0 Å². The van der Waals surface area contributed by atoms with Crippen molar-refractivity contribution in [3.63, 3.8) is 0 Å². The number of nitrogens with two attached hydrogens (primary N) is 1. The average molecular weight is 197 g/mol. The first-order valence-corrected chi connectivity index (χ1v) is 4.83. The van der Waals surface area contributed by atoms with Crippen molar-refractivity contribution in [1.29, 1.82) is 0 Å². The minimum Gasteiger partial charge on any atom is -0.370 e. The summed E-state index contributed by atoms with van der Waals surface area (Å²) >= 11 is 0. The zero-order chi connectivity index (χ0) is 10.2. The van der Waals surface area contributed by atoms with E-state index in [0.717, 1.165) is 19.3 Å². The first kappa shape index (κ1) is 9.61. The van der Waals surface area contributed by atoms with Crippen LogP contribution in [-0.4, -0.2) is 17.3 Å². The lowest BCUT2D eigenvalue weighted by Crippen LogP contribution is -2.37. The molecule has 2 rings (SSSR count). The van der Waals surface area contributed by atoms with E-state index in [2.05, 4.69) is 10.1 Å². The molecular weight excluding hydrogens is 182 g/mol. The van der Waals surface area contributed by atoms with Crippen LogP contribution in [0.1, 0.15) is 43.9 Å². The van der Waals surface area contributed by atoms with Crippen LogP contribution in [0, 0.1) is 0 Å². The summed E-state index contributed by atoms with van der Waals surface area (Å²) in [6, 6.07) is -0.217. The van der Waals surface area contributed by atoms with Gasteiger partial charge in [0.2, 0.25) is 11.7 Å². The van der Waals surface area contributed by atoms with Gasteiger partial charge in [-0.05, 0) is 26.2 Å². The maximum absolute atomic E-state index is 5.63. The molecule has 14 heavy (non-hydrogen) atoms. The van der Waals surface area contributed by atoms with E-state index in [-0.39, 0.29) is 11.6 Å². The Morgan fingerprint density at radius 1 is 1.57 bits per heavy atom. The normalized spacial score (nSPS) is 21.6. The number of methoxy groups -OCH3 is 1. The van der Waals surface area contributed by atoms with Gasteiger partial charge in [-0.1, -0.05) is 5.16 Å². The molecule has 1 atom stereocenters. The highest BCUT2D eigenvalue weighted by atomic mass is 16.5. The molecule has 5 heteroatoms.